The van der Waals surface area contributed by atoms with E-state index in [0.29, 0.717) is 5.02 Å². The summed E-state index contributed by atoms with van der Waals surface area (Å²) < 4.78 is 0. The maximum absolute atomic E-state index is 9.63. The van der Waals surface area contributed by atoms with Crippen LogP contribution in [0.1, 0.15) is 24.0 Å². The van der Waals surface area contributed by atoms with Crippen molar-refractivity contribution in [3.63, 3.8) is 0 Å². The molecule has 1 aliphatic rings. The molecule has 1 fully saturated rings. The van der Waals surface area contributed by atoms with E-state index in [-0.39, 0.29) is 11.3 Å². The van der Waals surface area contributed by atoms with Gasteiger partial charge in [0.05, 0.1) is 5.02 Å². The summed E-state index contributed by atoms with van der Waals surface area (Å²) in [6, 6.07) is 3.83. The number of rotatable bonds is 2. The zero-order valence-electron chi connectivity index (χ0n) is 8.18. The molecule has 0 aliphatic heterocycles. The quantitative estimate of drug-likeness (QED) is 0.789. The fraction of sp³-hybridized carbons (Fsp3) is 0.455. The standard InChI is InChI=1S/C11H14ClNO/c1-7-2-3-8(9(12)10(7)14)6-11(13)4-5-11/h2-3,14H,4-6,13H2,1H3. The fourth-order valence-corrected chi connectivity index (χ4v) is 1.83. The first kappa shape index (κ1) is 9.81. The molecular weight excluding hydrogens is 198 g/mol. The Labute approximate surface area is 88.7 Å². The second kappa shape index (κ2) is 3.14. The van der Waals surface area contributed by atoms with Crippen molar-refractivity contribution in [2.45, 2.75) is 31.7 Å². The van der Waals surface area contributed by atoms with Gasteiger partial charge in [0, 0.05) is 5.54 Å². The lowest BCUT2D eigenvalue weighted by Crippen LogP contribution is -2.24. The molecule has 0 radical (unpaired) electrons. The van der Waals surface area contributed by atoms with E-state index in [4.69, 9.17) is 17.3 Å². The number of phenolic OH excluding ortho intramolecular Hbond substituents is 1. The number of benzene rings is 1. The topological polar surface area (TPSA) is 46.2 Å². The molecule has 76 valence electrons. The summed E-state index contributed by atoms with van der Waals surface area (Å²) >= 11 is 6.03. The molecule has 0 heterocycles. The van der Waals surface area contributed by atoms with Gasteiger partial charge in [-0.2, -0.15) is 0 Å². The number of phenols is 1. The molecule has 3 N–H and O–H groups in total. The van der Waals surface area contributed by atoms with Crippen LogP contribution < -0.4 is 5.73 Å². The molecule has 3 heteroatoms. The number of nitrogens with two attached hydrogens (primary N) is 1. The van der Waals surface area contributed by atoms with Crippen LogP contribution in [-0.4, -0.2) is 10.6 Å². The van der Waals surface area contributed by atoms with Crippen LogP contribution >= 0.6 is 11.6 Å². The van der Waals surface area contributed by atoms with Gasteiger partial charge in [0.25, 0.3) is 0 Å². The molecule has 1 saturated carbocycles. The average molecular weight is 212 g/mol. The summed E-state index contributed by atoms with van der Waals surface area (Å²) in [6.45, 7) is 1.83. The SMILES string of the molecule is Cc1ccc(CC2(N)CC2)c(Cl)c1O. The minimum atomic E-state index is -0.0641. The molecule has 0 aromatic heterocycles. The molecule has 0 spiro atoms. The van der Waals surface area contributed by atoms with Crippen molar-refractivity contribution >= 4 is 11.6 Å². The lowest BCUT2D eigenvalue weighted by molar-refractivity contribution is 0.470. The number of aromatic hydroxyl groups is 1. The van der Waals surface area contributed by atoms with E-state index in [0.717, 1.165) is 30.4 Å². The summed E-state index contributed by atoms with van der Waals surface area (Å²) in [6.07, 6.45) is 2.87. The van der Waals surface area contributed by atoms with Gasteiger partial charge in [-0.15, -0.1) is 0 Å². The van der Waals surface area contributed by atoms with Crippen molar-refractivity contribution < 1.29 is 5.11 Å². The molecule has 0 saturated heterocycles. The minimum absolute atomic E-state index is 0.0641. The summed E-state index contributed by atoms with van der Waals surface area (Å²) in [5, 5.41) is 10.1. The molecule has 0 bridgehead atoms. The average Bonchev–Trinajstić information content (AvgIpc) is 2.86. The monoisotopic (exact) mass is 211 g/mol. The second-order valence-electron chi connectivity index (χ2n) is 4.24. The number of hydrogen-bond donors (Lipinski definition) is 2. The summed E-state index contributed by atoms with van der Waals surface area (Å²) in [4.78, 5) is 0. The highest BCUT2D eigenvalue weighted by molar-refractivity contribution is 6.32. The lowest BCUT2D eigenvalue weighted by Gasteiger charge is -2.12. The zero-order valence-corrected chi connectivity index (χ0v) is 8.93. The molecule has 0 atom stereocenters. The van der Waals surface area contributed by atoms with Crippen molar-refractivity contribution in [3.05, 3.63) is 28.3 Å². The highest BCUT2D eigenvalue weighted by atomic mass is 35.5. The Balaban J connectivity index is 2.30. The van der Waals surface area contributed by atoms with Crippen LogP contribution in [0.4, 0.5) is 0 Å². The first-order chi connectivity index (χ1) is 6.52. The third-order valence-electron chi connectivity index (χ3n) is 2.83. The van der Waals surface area contributed by atoms with E-state index >= 15 is 0 Å². The Morgan fingerprint density at radius 3 is 2.71 bits per heavy atom. The van der Waals surface area contributed by atoms with Gasteiger partial charge in [-0.05, 0) is 37.3 Å². The van der Waals surface area contributed by atoms with Gasteiger partial charge in [0.1, 0.15) is 5.75 Å². The molecule has 0 unspecified atom stereocenters. The highest BCUT2D eigenvalue weighted by Crippen LogP contribution is 2.39. The molecule has 14 heavy (non-hydrogen) atoms. The first-order valence-electron chi connectivity index (χ1n) is 4.78. The number of halogens is 1. The van der Waals surface area contributed by atoms with Crippen molar-refractivity contribution in [3.8, 4) is 5.75 Å². The van der Waals surface area contributed by atoms with Gasteiger partial charge in [-0.1, -0.05) is 23.7 Å². The van der Waals surface area contributed by atoms with Crippen LogP contribution in [0.25, 0.3) is 0 Å². The minimum Gasteiger partial charge on any atom is -0.506 e. The van der Waals surface area contributed by atoms with Crippen molar-refractivity contribution in [2.24, 2.45) is 5.73 Å². The highest BCUT2D eigenvalue weighted by Gasteiger charge is 2.38. The molecule has 1 aromatic rings. The predicted octanol–water partition coefficient (Wildman–Crippen LogP) is 2.39. The summed E-state index contributed by atoms with van der Waals surface area (Å²) in [5.74, 6) is 0.188. The van der Waals surface area contributed by atoms with Gasteiger partial charge in [-0.3, -0.25) is 0 Å². The van der Waals surface area contributed by atoms with Gasteiger partial charge in [0.2, 0.25) is 0 Å². The molecule has 2 nitrogen and oxygen atoms in total. The molecule has 2 rings (SSSR count). The van der Waals surface area contributed by atoms with E-state index < -0.39 is 0 Å². The smallest absolute Gasteiger partial charge is 0.137 e. The maximum Gasteiger partial charge on any atom is 0.137 e. The van der Waals surface area contributed by atoms with E-state index in [9.17, 15) is 5.11 Å². The summed E-state index contributed by atoms with van der Waals surface area (Å²) in [7, 11) is 0. The Morgan fingerprint density at radius 1 is 1.50 bits per heavy atom. The van der Waals surface area contributed by atoms with E-state index in [1.807, 2.05) is 19.1 Å². The van der Waals surface area contributed by atoms with Gasteiger partial charge < -0.3 is 10.8 Å². The molecular formula is C11H14ClNO. The Kier molecular flexibility index (Phi) is 2.20. The van der Waals surface area contributed by atoms with Crippen LogP contribution in [0.15, 0.2) is 12.1 Å². The number of hydrogen-bond acceptors (Lipinski definition) is 2. The maximum atomic E-state index is 9.63. The Bertz CT molecular complexity index is 372. The Morgan fingerprint density at radius 2 is 2.14 bits per heavy atom. The van der Waals surface area contributed by atoms with E-state index in [1.54, 1.807) is 0 Å². The number of aryl methyl sites for hydroxylation is 1. The van der Waals surface area contributed by atoms with Gasteiger partial charge in [0.15, 0.2) is 0 Å². The molecule has 1 aromatic carbocycles. The van der Waals surface area contributed by atoms with E-state index in [2.05, 4.69) is 0 Å². The Hall–Kier alpha value is -0.730. The van der Waals surface area contributed by atoms with Crippen LogP contribution in [0.5, 0.6) is 5.75 Å². The van der Waals surface area contributed by atoms with Crippen LogP contribution in [0.3, 0.4) is 0 Å². The fourth-order valence-electron chi connectivity index (χ4n) is 1.56. The lowest BCUT2D eigenvalue weighted by atomic mass is 10.0. The molecule has 1 aliphatic carbocycles. The normalized spacial score (nSPS) is 18.2. The molecule has 0 amide bonds. The van der Waals surface area contributed by atoms with Gasteiger partial charge in [-0.25, -0.2) is 0 Å². The van der Waals surface area contributed by atoms with E-state index in [1.165, 1.54) is 0 Å². The zero-order chi connectivity index (χ0) is 10.3. The van der Waals surface area contributed by atoms with Crippen molar-refractivity contribution in [1.29, 1.82) is 0 Å². The third-order valence-corrected chi connectivity index (χ3v) is 3.25. The largest absolute Gasteiger partial charge is 0.506 e. The second-order valence-corrected chi connectivity index (χ2v) is 4.62. The van der Waals surface area contributed by atoms with Crippen molar-refractivity contribution in [1.82, 2.24) is 0 Å². The summed E-state index contributed by atoms with van der Waals surface area (Å²) in [5.41, 5.74) is 7.69. The first-order valence-corrected chi connectivity index (χ1v) is 5.15. The van der Waals surface area contributed by atoms with Gasteiger partial charge >= 0.3 is 0 Å². The third kappa shape index (κ3) is 1.72. The van der Waals surface area contributed by atoms with Crippen LogP contribution in [0, 0.1) is 6.92 Å². The van der Waals surface area contributed by atoms with Crippen LogP contribution in [0.2, 0.25) is 5.02 Å². The van der Waals surface area contributed by atoms with Crippen LogP contribution in [-0.2, 0) is 6.42 Å². The predicted molar refractivity (Wildman–Crippen MR) is 57.7 cm³/mol. The van der Waals surface area contributed by atoms with Crippen molar-refractivity contribution in [2.75, 3.05) is 0 Å².